The quantitative estimate of drug-likeness (QED) is 0.760. The first-order valence-corrected chi connectivity index (χ1v) is 4.98. The lowest BCUT2D eigenvalue weighted by atomic mass is 10.0. The molecule has 2 rings (SSSR count). The van der Waals surface area contributed by atoms with Crippen molar-refractivity contribution in [3.8, 4) is 0 Å². The van der Waals surface area contributed by atoms with E-state index in [9.17, 15) is 0 Å². The van der Waals surface area contributed by atoms with Crippen LogP contribution in [0.25, 0.3) is 10.8 Å². The van der Waals surface area contributed by atoms with Crippen LogP contribution in [0.5, 0.6) is 0 Å². The summed E-state index contributed by atoms with van der Waals surface area (Å²) in [5.41, 5.74) is 8.06. The van der Waals surface area contributed by atoms with Crippen LogP contribution in [0.1, 0.15) is 11.1 Å². The second-order valence-electron chi connectivity index (χ2n) is 3.42. The van der Waals surface area contributed by atoms with E-state index < -0.39 is 0 Å². The maximum atomic E-state index is 5.95. The SMILES string of the molecule is Cc1c(CN)ccc2ccc(Cl)cc12. The van der Waals surface area contributed by atoms with Gasteiger partial charge in [0.25, 0.3) is 0 Å². The predicted octanol–water partition coefficient (Wildman–Crippen LogP) is 3.26. The average molecular weight is 206 g/mol. The maximum Gasteiger partial charge on any atom is 0.0412 e. The number of fused-ring (bicyclic) bond motifs is 1. The Labute approximate surface area is 88.5 Å². The van der Waals surface area contributed by atoms with Crippen LogP contribution in [0.15, 0.2) is 30.3 Å². The maximum absolute atomic E-state index is 5.95. The molecule has 0 atom stereocenters. The fourth-order valence-electron chi connectivity index (χ4n) is 1.71. The predicted molar refractivity (Wildman–Crippen MR) is 61.6 cm³/mol. The van der Waals surface area contributed by atoms with Crippen LogP contribution in [-0.2, 0) is 6.54 Å². The van der Waals surface area contributed by atoms with Crippen molar-refractivity contribution in [1.29, 1.82) is 0 Å². The molecule has 2 heteroatoms. The van der Waals surface area contributed by atoms with Gasteiger partial charge >= 0.3 is 0 Å². The van der Waals surface area contributed by atoms with Gasteiger partial charge < -0.3 is 5.73 Å². The molecule has 0 saturated heterocycles. The van der Waals surface area contributed by atoms with E-state index in [1.807, 2.05) is 18.2 Å². The van der Waals surface area contributed by atoms with Gasteiger partial charge in [-0.15, -0.1) is 0 Å². The third kappa shape index (κ3) is 1.49. The molecule has 0 heterocycles. The van der Waals surface area contributed by atoms with E-state index in [1.54, 1.807) is 0 Å². The first kappa shape index (κ1) is 9.50. The minimum Gasteiger partial charge on any atom is -0.326 e. The van der Waals surface area contributed by atoms with Gasteiger partial charge in [0.1, 0.15) is 0 Å². The van der Waals surface area contributed by atoms with Gasteiger partial charge in [0, 0.05) is 11.6 Å². The Bertz CT molecular complexity index is 477. The van der Waals surface area contributed by atoms with Crippen molar-refractivity contribution in [2.24, 2.45) is 5.73 Å². The van der Waals surface area contributed by atoms with Gasteiger partial charge in [-0.2, -0.15) is 0 Å². The lowest BCUT2D eigenvalue weighted by Crippen LogP contribution is -1.99. The van der Waals surface area contributed by atoms with Crippen molar-refractivity contribution < 1.29 is 0 Å². The van der Waals surface area contributed by atoms with Crippen molar-refractivity contribution in [2.45, 2.75) is 13.5 Å². The van der Waals surface area contributed by atoms with Crippen LogP contribution in [0.4, 0.5) is 0 Å². The second-order valence-corrected chi connectivity index (χ2v) is 3.86. The Hall–Kier alpha value is -1.05. The molecule has 0 saturated carbocycles. The Morgan fingerprint density at radius 2 is 1.93 bits per heavy atom. The van der Waals surface area contributed by atoms with Crippen molar-refractivity contribution in [3.63, 3.8) is 0 Å². The van der Waals surface area contributed by atoms with E-state index in [0.29, 0.717) is 6.54 Å². The Morgan fingerprint density at radius 1 is 1.21 bits per heavy atom. The van der Waals surface area contributed by atoms with Gasteiger partial charge in [-0.3, -0.25) is 0 Å². The molecule has 0 aliphatic rings. The molecule has 2 aromatic rings. The fourth-order valence-corrected chi connectivity index (χ4v) is 1.88. The van der Waals surface area contributed by atoms with E-state index in [2.05, 4.69) is 19.1 Å². The third-order valence-corrected chi connectivity index (χ3v) is 2.82. The van der Waals surface area contributed by atoms with Crippen LogP contribution in [-0.4, -0.2) is 0 Å². The summed E-state index contributed by atoms with van der Waals surface area (Å²) in [5.74, 6) is 0. The average Bonchev–Trinajstić information content (AvgIpc) is 2.20. The first-order chi connectivity index (χ1) is 6.72. The van der Waals surface area contributed by atoms with Crippen LogP contribution < -0.4 is 5.73 Å². The van der Waals surface area contributed by atoms with Crippen LogP contribution in [0, 0.1) is 6.92 Å². The zero-order valence-electron chi connectivity index (χ0n) is 8.05. The summed E-state index contributed by atoms with van der Waals surface area (Å²) in [7, 11) is 0. The zero-order valence-corrected chi connectivity index (χ0v) is 8.81. The molecule has 2 N–H and O–H groups in total. The monoisotopic (exact) mass is 205 g/mol. The summed E-state index contributed by atoms with van der Waals surface area (Å²) < 4.78 is 0. The Morgan fingerprint density at radius 3 is 2.64 bits per heavy atom. The van der Waals surface area contributed by atoms with Gasteiger partial charge in [-0.1, -0.05) is 29.8 Å². The minimum atomic E-state index is 0.578. The van der Waals surface area contributed by atoms with E-state index in [1.165, 1.54) is 21.9 Å². The van der Waals surface area contributed by atoms with E-state index in [0.717, 1.165) is 5.02 Å². The molecular formula is C12H12ClN. The minimum absolute atomic E-state index is 0.578. The summed E-state index contributed by atoms with van der Waals surface area (Å²) in [6.07, 6.45) is 0. The molecule has 2 aromatic carbocycles. The highest BCUT2D eigenvalue weighted by molar-refractivity contribution is 6.31. The normalized spacial score (nSPS) is 10.8. The number of hydrogen-bond acceptors (Lipinski definition) is 1. The van der Waals surface area contributed by atoms with Gasteiger partial charge in [0.15, 0.2) is 0 Å². The molecule has 0 aliphatic heterocycles. The molecule has 0 aromatic heterocycles. The van der Waals surface area contributed by atoms with Crippen molar-refractivity contribution in [1.82, 2.24) is 0 Å². The summed E-state index contributed by atoms with van der Waals surface area (Å²) >= 11 is 5.95. The third-order valence-electron chi connectivity index (χ3n) is 2.59. The van der Waals surface area contributed by atoms with E-state index in [4.69, 9.17) is 17.3 Å². The van der Waals surface area contributed by atoms with E-state index in [-0.39, 0.29) is 0 Å². The number of benzene rings is 2. The lowest BCUT2D eigenvalue weighted by molar-refractivity contribution is 1.06. The summed E-state index contributed by atoms with van der Waals surface area (Å²) in [4.78, 5) is 0. The highest BCUT2D eigenvalue weighted by Crippen LogP contribution is 2.24. The van der Waals surface area contributed by atoms with Gasteiger partial charge in [0.2, 0.25) is 0 Å². The number of nitrogens with two attached hydrogens (primary N) is 1. The second kappa shape index (κ2) is 3.60. The number of rotatable bonds is 1. The molecule has 14 heavy (non-hydrogen) atoms. The molecular weight excluding hydrogens is 194 g/mol. The largest absolute Gasteiger partial charge is 0.326 e. The van der Waals surface area contributed by atoms with Gasteiger partial charge in [-0.05, 0) is 41.0 Å². The molecule has 0 amide bonds. The molecule has 0 unspecified atom stereocenters. The number of halogens is 1. The topological polar surface area (TPSA) is 26.0 Å². The molecule has 0 fully saturated rings. The van der Waals surface area contributed by atoms with Gasteiger partial charge in [0.05, 0.1) is 0 Å². The van der Waals surface area contributed by atoms with E-state index >= 15 is 0 Å². The van der Waals surface area contributed by atoms with Crippen LogP contribution >= 0.6 is 11.6 Å². The zero-order chi connectivity index (χ0) is 10.1. The summed E-state index contributed by atoms with van der Waals surface area (Å²) in [6, 6.07) is 10.1. The molecule has 0 bridgehead atoms. The van der Waals surface area contributed by atoms with Gasteiger partial charge in [-0.25, -0.2) is 0 Å². The molecule has 0 aliphatic carbocycles. The highest BCUT2D eigenvalue weighted by atomic mass is 35.5. The van der Waals surface area contributed by atoms with Crippen molar-refractivity contribution in [3.05, 3.63) is 46.5 Å². The van der Waals surface area contributed by atoms with Crippen molar-refractivity contribution in [2.75, 3.05) is 0 Å². The fraction of sp³-hybridized carbons (Fsp3) is 0.167. The van der Waals surface area contributed by atoms with Crippen molar-refractivity contribution >= 4 is 22.4 Å². The summed E-state index contributed by atoms with van der Waals surface area (Å²) in [6.45, 7) is 2.66. The Kier molecular flexibility index (Phi) is 2.44. The molecule has 0 spiro atoms. The highest BCUT2D eigenvalue weighted by Gasteiger charge is 2.02. The number of hydrogen-bond donors (Lipinski definition) is 1. The first-order valence-electron chi connectivity index (χ1n) is 4.60. The molecule has 72 valence electrons. The standard InChI is InChI=1S/C12H12ClN/c1-8-10(7-14)3-2-9-4-5-11(13)6-12(8)9/h2-6H,7,14H2,1H3. The summed E-state index contributed by atoms with van der Waals surface area (Å²) in [5, 5.41) is 3.18. The van der Waals surface area contributed by atoms with Crippen LogP contribution in [0.2, 0.25) is 5.02 Å². The molecule has 1 nitrogen and oxygen atoms in total. The lowest BCUT2D eigenvalue weighted by Gasteiger charge is -2.07. The Balaban J connectivity index is 2.79. The molecule has 0 radical (unpaired) electrons. The smallest absolute Gasteiger partial charge is 0.0412 e. The number of aryl methyl sites for hydroxylation is 1. The van der Waals surface area contributed by atoms with Crippen LogP contribution in [0.3, 0.4) is 0 Å².